The first kappa shape index (κ1) is 9.13. The fraction of sp³-hybridized carbons (Fsp3) is 0.125. The van der Waals surface area contributed by atoms with Gasteiger partial charge in [0.2, 0.25) is 0 Å². The summed E-state index contributed by atoms with van der Waals surface area (Å²) in [6.45, 7) is 0. The van der Waals surface area contributed by atoms with Gasteiger partial charge in [0.25, 0.3) is 5.69 Å². The van der Waals surface area contributed by atoms with E-state index in [4.69, 9.17) is 5.26 Å². The molecule has 0 atom stereocenters. The second-order valence-electron chi connectivity index (χ2n) is 2.37. The second-order valence-corrected chi connectivity index (χ2v) is 2.37. The largest absolute Gasteiger partial charge is 0.272 e. The molecule has 4 nitrogen and oxygen atoms in total. The SMILES string of the molecule is N#CCc1ccc([N+](=O)[O-])cc1F. The smallest absolute Gasteiger partial charge is 0.258 e. The van der Waals surface area contributed by atoms with E-state index in [1.54, 1.807) is 6.07 Å². The number of nitrogens with zero attached hydrogens (tertiary/aromatic N) is 2. The van der Waals surface area contributed by atoms with Crippen molar-refractivity contribution in [3.8, 4) is 6.07 Å². The van der Waals surface area contributed by atoms with Gasteiger partial charge in [-0.3, -0.25) is 10.1 Å². The van der Waals surface area contributed by atoms with E-state index in [2.05, 4.69) is 0 Å². The normalized spacial score (nSPS) is 9.23. The number of rotatable bonds is 2. The van der Waals surface area contributed by atoms with E-state index in [1.165, 1.54) is 12.1 Å². The first-order valence-corrected chi connectivity index (χ1v) is 3.45. The van der Waals surface area contributed by atoms with Gasteiger partial charge in [0.1, 0.15) is 5.82 Å². The number of nitro groups is 1. The highest BCUT2D eigenvalue weighted by Crippen LogP contribution is 2.16. The van der Waals surface area contributed by atoms with E-state index in [0.717, 1.165) is 6.07 Å². The molecule has 5 heteroatoms. The van der Waals surface area contributed by atoms with Crippen molar-refractivity contribution >= 4 is 5.69 Å². The van der Waals surface area contributed by atoms with E-state index in [9.17, 15) is 14.5 Å². The summed E-state index contributed by atoms with van der Waals surface area (Å²) in [6.07, 6.45) is -0.0795. The van der Waals surface area contributed by atoms with E-state index >= 15 is 0 Å². The Labute approximate surface area is 73.4 Å². The Morgan fingerprint density at radius 3 is 2.77 bits per heavy atom. The average molecular weight is 180 g/mol. The van der Waals surface area contributed by atoms with E-state index < -0.39 is 10.7 Å². The molecule has 0 unspecified atom stereocenters. The van der Waals surface area contributed by atoms with Gasteiger partial charge in [-0.15, -0.1) is 0 Å². The molecule has 0 heterocycles. The van der Waals surface area contributed by atoms with Crippen molar-refractivity contribution in [1.29, 1.82) is 5.26 Å². The van der Waals surface area contributed by atoms with Gasteiger partial charge >= 0.3 is 0 Å². The van der Waals surface area contributed by atoms with Crippen molar-refractivity contribution in [1.82, 2.24) is 0 Å². The molecule has 1 rings (SSSR count). The lowest BCUT2D eigenvalue weighted by molar-refractivity contribution is -0.385. The Kier molecular flexibility index (Phi) is 2.55. The molecule has 0 fully saturated rings. The minimum Gasteiger partial charge on any atom is -0.258 e. The summed E-state index contributed by atoms with van der Waals surface area (Å²) < 4.78 is 12.9. The molecule has 0 spiro atoms. The van der Waals surface area contributed by atoms with Gasteiger partial charge in [-0.2, -0.15) is 5.26 Å². The summed E-state index contributed by atoms with van der Waals surface area (Å²) in [5, 5.41) is 18.5. The molecule has 0 aliphatic carbocycles. The van der Waals surface area contributed by atoms with Crippen molar-refractivity contribution in [3.05, 3.63) is 39.7 Å². The molecule has 0 N–H and O–H groups in total. The van der Waals surface area contributed by atoms with Gasteiger partial charge in [-0.1, -0.05) is 0 Å². The summed E-state index contributed by atoms with van der Waals surface area (Å²) in [5.74, 6) is -0.712. The number of hydrogen-bond acceptors (Lipinski definition) is 3. The summed E-state index contributed by atoms with van der Waals surface area (Å²) in [6, 6.07) is 5.00. The summed E-state index contributed by atoms with van der Waals surface area (Å²) in [7, 11) is 0. The number of halogens is 1. The van der Waals surface area contributed by atoms with Gasteiger partial charge in [0.05, 0.1) is 23.5 Å². The summed E-state index contributed by atoms with van der Waals surface area (Å²) >= 11 is 0. The Morgan fingerprint density at radius 1 is 1.62 bits per heavy atom. The fourth-order valence-electron chi connectivity index (χ4n) is 0.878. The molecule has 1 aromatic carbocycles. The highest BCUT2D eigenvalue weighted by atomic mass is 19.1. The van der Waals surface area contributed by atoms with Gasteiger partial charge in [0, 0.05) is 11.6 Å². The Bertz CT molecular complexity index is 384. The maximum Gasteiger partial charge on any atom is 0.272 e. The van der Waals surface area contributed by atoms with Crippen LogP contribution in [-0.2, 0) is 6.42 Å². The zero-order valence-corrected chi connectivity index (χ0v) is 6.53. The third-order valence-electron chi connectivity index (χ3n) is 1.52. The molecule has 13 heavy (non-hydrogen) atoms. The third-order valence-corrected chi connectivity index (χ3v) is 1.52. The topological polar surface area (TPSA) is 66.9 Å². The van der Waals surface area contributed by atoms with Crippen LogP contribution in [0.2, 0.25) is 0 Å². The second kappa shape index (κ2) is 3.63. The molecular formula is C8H5FN2O2. The van der Waals surface area contributed by atoms with Crippen LogP contribution in [-0.4, -0.2) is 4.92 Å². The number of benzene rings is 1. The van der Waals surface area contributed by atoms with Crippen LogP contribution in [0.4, 0.5) is 10.1 Å². The zero-order chi connectivity index (χ0) is 9.84. The molecule has 0 aromatic heterocycles. The minimum atomic E-state index is -0.712. The number of non-ortho nitro benzene ring substituents is 1. The first-order valence-electron chi connectivity index (χ1n) is 3.45. The molecule has 1 aromatic rings. The average Bonchev–Trinajstić information content (AvgIpc) is 2.08. The summed E-state index contributed by atoms with van der Waals surface area (Å²) in [5.41, 5.74) is -0.132. The maximum atomic E-state index is 12.9. The zero-order valence-electron chi connectivity index (χ0n) is 6.53. The van der Waals surface area contributed by atoms with Crippen LogP contribution in [0.3, 0.4) is 0 Å². The molecule has 0 aliphatic rings. The monoisotopic (exact) mass is 180 g/mol. The predicted molar refractivity (Wildman–Crippen MR) is 42.4 cm³/mol. The molecular weight excluding hydrogens is 175 g/mol. The summed E-state index contributed by atoms with van der Waals surface area (Å²) in [4.78, 5) is 9.51. The van der Waals surface area contributed by atoms with Crippen molar-refractivity contribution in [2.24, 2.45) is 0 Å². The lowest BCUT2D eigenvalue weighted by atomic mass is 10.1. The highest BCUT2D eigenvalue weighted by molar-refractivity contribution is 5.35. The fourth-order valence-corrected chi connectivity index (χ4v) is 0.878. The van der Waals surface area contributed by atoms with Gasteiger partial charge in [-0.25, -0.2) is 4.39 Å². The van der Waals surface area contributed by atoms with Gasteiger partial charge in [0.15, 0.2) is 0 Å². The number of hydrogen-bond donors (Lipinski definition) is 0. The maximum absolute atomic E-state index is 12.9. The van der Waals surface area contributed by atoms with Crippen molar-refractivity contribution < 1.29 is 9.31 Å². The lowest BCUT2D eigenvalue weighted by Crippen LogP contribution is -1.92. The van der Waals surface area contributed by atoms with Crippen LogP contribution in [0, 0.1) is 27.3 Å². The van der Waals surface area contributed by atoms with E-state index in [0.29, 0.717) is 0 Å². The lowest BCUT2D eigenvalue weighted by Gasteiger charge is -1.96. The standard InChI is InChI=1S/C8H5FN2O2/c9-8-5-7(11(12)13)2-1-6(8)3-4-10/h1-2,5H,3H2. The van der Waals surface area contributed by atoms with E-state index in [1.807, 2.05) is 0 Å². The Hall–Kier alpha value is -1.96. The van der Waals surface area contributed by atoms with Gasteiger partial charge < -0.3 is 0 Å². The van der Waals surface area contributed by atoms with Crippen LogP contribution in [0.5, 0.6) is 0 Å². The third kappa shape index (κ3) is 1.99. The van der Waals surface area contributed by atoms with Crippen molar-refractivity contribution in [3.63, 3.8) is 0 Å². The Morgan fingerprint density at radius 2 is 2.31 bits per heavy atom. The molecule has 0 amide bonds. The van der Waals surface area contributed by atoms with Crippen molar-refractivity contribution in [2.45, 2.75) is 6.42 Å². The van der Waals surface area contributed by atoms with E-state index in [-0.39, 0.29) is 17.7 Å². The molecule has 0 saturated carbocycles. The van der Waals surface area contributed by atoms with Crippen LogP contribution in [0.15, 0.2) is 18.2 Å². The molecule has 0 radical (unpaired) electrons. The molecule has 0 aliphatic heterocycles. The predicted octanol–water partition coefficient (Wildman–Crippen LogP) is 1.80. The van der Waals surface area contributed by atoms with Crippen molar-refractivity contribution in [2.75, 3.05) is 0 Å². The van der Waals surface area contributed by atoms with Crippen LogP contribution < -0.4 is 0 Å². The molecule has 0 saturated heterocycles. The van der Waals surface area contributed by atoms with Gasteiger partial charge in [-0.05, 0) is 6.07 Å². The minimum absolute atomic E-state index is 0.0795. The number of nitro benzene ring substituents is 1. The van der Waals surface area contributed by atoms with Crippen LogP contribution in [0.25, 0.3) is 0 Å². The Balaban J connectivity index is 3.07. The molecule has 66 valence electrons. The number of nitriles is 1. The first-order chi connectivity index (χ1) is 6.15. The molecule has 0 bridgehead atoms. The highest BCUT2D eigenvalue weighted by Gasteiger charge is 2.09. The quantitative estimate of drug-likeness (QED) is 0.514. The van der Waals surface area contributed by atoms with Crippen LogP contribution in [0.1, 0.15) is 5.56 Å². The van der Waals surface area contributed by atoms with Crippen LogP contribution >= 0.6 is 0 Å².